The second-order valence-corrected chi connectivity index (χ2v) is 3.76. The minimum absolute atomic E-state index is 0.0394. The van der Waals surface area contributed by atoms with Gasteiger partial charge in [0.05, 0.1) is 0 Å². The average Bonchev–Trinajstić information content (AvgIpc) is 2.30. The minimum atomic E-state index is -0.669. The quantitative estimate of drug-likeness (QED) is 0.651. The van der Waals surface area contributed by atoms with Crippen molar-refractivity contribution in [2.24, 2.45) is 0 Å². The molecule has 0 amide bonds. The second-order valence-electron chi connectivity index (χ2n) is 3.76. The van der Waals surface area contributed by atoms with Crippen molar-refractivity contribution in [2.75, 3.05) is 5.73 Å². The first-order chi connectivity index (χ1) is 8.56. The fourth-order valence-electron chi connectivity index (χ4n) is 1.51. The van der Waals surface area contributed by atoms with Crippen molar-refractivity contribution in [3.05, 3.63) is 53.6 Å². The highest BCUT2D eigenvalue weighted by Gasteiger charge is 2.06. The smallest absolute Gasteiger partial charge is 0.146 e. The molecule has 2 rings (SSSR count). The summed E-state index contributed by atoms with van der Waals surface area (Å²) >= 11 is 0. The van der Waals surface area contributed by atoms with Crippen molar-refractivity contribution < 1.29 is 18.6 Å². The molecule has 0 aliphatic rings. The number of rotatable bonds is 3. The molecule has 0 saturated carbocycles. The van der Waals surface area contributed by atoms with Crippen molar-refractivity contribution in [3.63, 3.8) is 0 Å². The molecule has 0 fully saturated rings. The standard InChI is InChI=1S/C13H11F2NO2/c14-9-4-8(5-10(15)6-9)7-18-12-3-1-2-11(17)13(12)16/h1-6,17H,7,16H2. The molecule has 0 spiro atoms. The molecule has 0 unspecified atom stereocenters. The molecule has 0 atom stereocenters. The molecule has 0 radical (unpaired) electrons. The fourth-order valence-corrected chi connectivity index (χ4v) is 1.51. The third kappa shape index (κ3) is 2.68. The number of hydrogen-bond acceptors (Lipinski definition) is 3. The van der Waals surface area contributed by atoms with Crippen LogP contribution < -0.4 is 10.5 Å². The number of benzene rings is 2. The summed E-state index contributed by atoms with van der Waals surface area (Å²) in [6, 6.07) is 7.66. The maximum Gasteiger partial charge on any atom is 0.146 e. The van der Waals surface area contributed by atoms with E-state index in [0.717, 1.165) is 6.07 Å². The van der Waals surface area contributed by atoms with E-state index in [9.17, 15) is 13.9 Å². The molecule has 0 heterocycles. The van der Waals surface area contributed by atoms with Gasteiger partial charge in [0.15, 0.2) is 0 Å². The van der Waals surface area contributed by atoms with E-state index < -0.39 is 11.6 Å². The Labute approximate surface area is 102 Å². The van der Waals surface area contributed by atoms with Gasteiger partial charge in [-0.25, -0.2) is 8.78 Å². The summed E-state index contributed by atoms with van der Waals surface area (Å²) in [6.45, 7) is -0.0394. The van der Waals surface area contributed by atoms with Gasteiger partial charge in [0.25, 0.3) is 0 Å². The van der Waals surface area contributed by atoms with Crippen LogP contribution in [0.15, 0.2) is 36.4 Å². The summed E-state index contributed by atoms with van der Waals surface area (Å²) in [5, 5.41) is 9.36. The van der Waals surface area contributed by atoms with Crippen LogP contribution in [-0.4, -0.2) is 5.11 Å². The lowest BCUT2D eigenvalue weighted by Gasteiger charge is -2.09. The van der Waals surface area contributed by atoms with E-state index >= 15 is 0 Å². The van der Waals surface area contributed by atoms with E-state index in [0.29, 0.717) is 5.56 Å². The van der Waals surface area contributed by atoms with Gasteiger partial charge in [0.2, 0.25) is 0 Å². The van der Waals surface area contributed by atoms with Gasteiger partial charge in [-0.1, -0.05) is 6.07 Å². The van der Waals surface area contributed by atoms with Gasteiger partial charge in [0.1, 0.15) is 35.4 Å². The summed E-state index contributed by atoms with van der Waals surface area (Å²) < 4.78 is 31.2. The molecule has 5 heteroatoms. The molecule has 94 valence electrons. The molecule has 0 aliphatic heterocycles. The number of para-hydroxylation sites is 1. The number of hydrogen-bond donors (Lipinski definition) is 2. The molecule has 2 aromatic carbocycles. The Morgan fingerprint density at radius 3 is 2.44 bits per heavy atom. The van der Waals surface area contributed by atoms with Gasteiger partial charge in [0, 0.05) is 6.07 Å². The average molecular weight is 251 g/mol. The maximum absolute atomic E-state index is 12.9. The van der Waals surface area contributed by atoms with Crippen molar-refractivity contribution in [1.82, 2.24) is 0 Å². The first kappa shape index (κ1) is 12.2. The molecular formula is C13H11F2NO2. The van der Waals surface area contributed by atoms with Crippen LogP contribution in [0.1, 0.15) is 5.56 Å². The zero-order chi connectivity index (χ0) is 13.1. The van der Waals surface area contributed by atoms with Gasteiger partial charge < -0.3 is 15.6 Å². The van der Waals surface area contributed by atoms with Crippen LogP contribution in [-0.2, 0) is 6.61 Å². The predicted octanol–water partition coefficient (Wildman–Crippen LogP) is 2.83. The summed E-state index contributed by atoms with van der Waals surface area (Å²) in [5.74, 6) is -1.17. The van der Waals surface area contributed by atoms with Crippen molar-refractivity contribution in [2.45, 2.75) is 6.61 Å². The van der Waals surface area contributed by atoms with E-state index in [4.69, 9.17) is 10.5 Å². The Hall–Kier alpha value is -2.30. The number of halogens is 2. The number of nitrogens with two attached hydrogens (primary N) is 1. The lowest BCUT2D eigenvalue weighted by atomic mass is 10.2. The zero-order valence-electron chi connectivity index (χ0n) is 9.36. The van der Waals surface area contributed by atoms with Gasteiger partial charge in [-0.05, 0) is 29.8 Å². The normalized spacial score (nSPS) is 10.3. The van der Waals surface area contributed by atoms with E-state index in [2.05, 4.69) is 0 Å². The Morgan fingerprint density at radius 1 is 1.11 bits per heavy atom. The largest absolute Gasteiger partial charge is 0.506 e. The number of anilines is 1. The van der Waals surface area contributed by atoms with Crippen LogP contribution in [0.25, 0.3) is 0 Å². The lowest BCUT2D eigenvalue weighted by molar-refractivity contribution is 0.305. The number of ether oxygens (including phenoxy) is 1. The summed E-state index contributed by atoms with van der Waals surface area (Å²) in [5.41, 5.74) is 6.02. The van der Waals surface area contributed by atoms with Gasteiger partial charge in [-0.2, -0.15) is 0 Å². The third-order valence-corrected chi connectivity index (χ3v) is 2.36. The molecule has 3 N–H and O–H groups in total. The summed E-state index contributed by atoms with van der Waals surface area (Å²) in [6.07, 6.45) is 0. The fraction of sp³-hybridized carbons (Fsp3) is 0.0769. The highest BCUT2D eigenvalue weighted by molar-refractivity contribution is 5.61. The molecular weight excluding hydrogens is 240 g/mol. The molecule has 0 saturated heterocycles. The number of phenolic OH excluding ortho intramolecular Hbond substituents is 1. The Morgan fingerprint density at radius 2 is 1.78 bits per heavy atom. The maximum atomic E-state index is 12.9. The SMILES string of the molecule is Nc1c(O)cccc1OCc1cc(F)cc(F)c1. The van der Waals surface area contributed by atoms with Crippen molar-refractivity contribution >= 4 is 5.69 Å². The van der Waals surface area contributed by atoms with Crippen LogP contribution in [0, 0.1) is 11.6 Å². The first-order valence-electron chi connectivity index (χ1n) is 5.21. The highest BCUT2D eigenvalue weighted by atomic mass is 19.1. The van der Waals surface area contributed by atoms with Crippen molar-refractivity contribution in [3.8, 4) is 11.5 Å². The summed E-state index contributed by atoms with van der Waals surface area (Å²) in [4.78, 5) is 0. The van der Waals surface area contributed by atoms with E-state index in [-0.39, 0.29) is 23.8 Å². The molecule has 18 heavy (non-hydrogen) atoms. The minimum Gasteiger partial charge on any atom is -0.506 e. The van der Waals surface area contributed by atoms with Crippen LogP contribution >= 0.6 is 0 Å². The van der Waals surface area contributed by atoms with Gasteiger partial charge >= 0.3 is 0 Å². The van der Waals surface area contributed by atoms with Gasteiger partial charge in [-0.3, -0.25) is 0 Å². The monoisotopic (exact) mass is 251 g/mol. The molecule has 0 aromatic heterocycles. The van der Waals surface area contributed by atoms with Crippen molar-refractivity contribution in [1.29, 1.82) is 0 Å². The van der Waals surface area contributed by atoms with Gasteiger partial charge in [-0.15, -0.1) is 0 Å². The topological polar surface area (TPSA) is 55.5 Å². The molecule has 3 nitrogen and oxygen atoms in total. The van der Waals surface area contributed by atoms with E-state index in [1.807, 2.05) is 0 Å². The van der Waals surface area contributed by atoms with Crippen LogP contribution in [0.4, 0.5) is 14.5 Å². The van der Waals surface area contributed by atoms with Crippen LogP contribution in [0.2, 0.25) is 0 Å². The van der Waals surface area contributed by atoms with Crippen LogP contribution in [0.5, 0.6) is 11.5 Å². The van der Waals surface area contributed by atoms with E-state index in [1.165, 1.54) is 18.2 Å². The first-order valence-corrected chi connectivity index (χ1v) is 5.21. The second kappa shape index (κ2) is 4.91. The Balaban J connectivity index is 2.14. The predicted molar refractivity (Wildman–Crippen MR) is 63.2 cm³/mol. The molecule has 0 aliphatic carbocycles. The number of aromatic hydroxyl groups is 1. The zero-order valence-corrected chi connectivity index (χ0v) is 9.36. The molecule has 0 bridgehead atoms. The Bertz CT molecular complexity index is 553. The number of phenols is 1. The lowest BCUT2D eigenvalue weighted by Crippen LogP contribution is -2.00. The molecule has 2 aromatic rings. The number of nitrogen functional groups attached to an aromatic ring is 1. The van der Waals surface area contributed by atoms with Crippen LogP contribution in [0.3, 0.4) is 0 Å². The summed E-state index contributed by atoms with van der Waals surface area (Å²) in [7, 11) is 0. The Kier molecular flexibility index (Phi) is 3.32. The third-order valence-electron chi connectivity index (χ3n) is 2.36. The van der Waals surface area contributed by atoms with E-state index in [1.54, 1.807) is 12.1 Å². The highest BCUT2D eigenvalue weighted by Crippen LogP contribution is 2.30.